The van der Waals surface area contributed by atoms with Crippen LogP contribution in [0.1, 0.15) is 36.4 Å². The Balaban J connectivity index is 1.59. The highest BCUT2D eigenvalue weighted by Crippen LogP contribution is 2.27. The minimum Gasteiger partial charge on any atom is -0.497 e. The molecule has 0 saturated heterocycles. The Morgan fingerprint density at radius 1 is 1.20 bits per heavy atom. The zero-order valence-electron chi connectivity index (χ0n) is 17.1. The summed E-state index contributed by atoms with van der Waals surface area (Å²) in [4.78, 5) is 27.6. The number of rotatable bonds is 9. The maximum absolute atomic E-state index is 12.8. The summed E-state index contributed by atoms with van der Waals surface area (Å²) in [7, 11) is 1.62. The zero-order chi connectivity index (χ0) is 21.5. The molecule has 7 nitrogen and oxygen atoms in total. The number of hydrogen-bond acceptors (Lipinski definition) is 7. The second-order valence-corrected chi connectivity index (χ2v) is 8.60. The fourth-order valence-electron chi connectivity index (χ4n) is 2.81. The van der Waals surface area contributed by atoms with Crippen molar-refractivity contribution in [3.05, 3.63) is 46.7 Å². The van der Waals surface area contributed by atoms with Gasteiger partial charge in [0.1, 0.15) is 10.8 Å². The molecule has 0 radical (unpaired) electrons. The van der Waals surface area contributed by atoms with Crippen LogP contribution in [0.3, 0.4) is 0 Å². The average Bonchev–Trinajstić information content (AvgIpc) is 3.46. The van der Waals surface area contributed by atoms with Crippen molar-refractivity contribution in [2.75, 3.05) is 19.0 Å². The molecule has 0 spiro atoms. The Labute approximate surface area is 183 Å². The molecule has 0 bridgehead atoms. The molecule has 1 unspecified atom stereocenters. The first kappa shape index (κ1) is 21.9. The molecule has 30 heavy (non-hydrogen) atoms. The standard InChI is InChI=1S/C21H24N4O3S2/c1-4-14(2)25(20(27)17-6-5-13-29-17)12-11-18(26)22-21-24-23-19(30-21)15-7-9-16(28-3)10-8-15/h5-10,13-14H,4,11-12H2,1-3H3,(H,22,24,26). The number of amides is 2. The molecule has 0 fully saturated rings. The van der Waals surface area contributed by atoms with Crippen molar-refractivity contribution >= 4 is 39.6 Å². The van der Waals surface area contributed by atoms with Gasteiger partial charge in [0.15, 0.2) is 0 Å². The Kier molecular flexibility index (Phi) is 7.53. The van der Waals surface area contributed by atoms with E-state index in [-0.39, 0.29) is 24.3 Å². The number of methoxy groups -OCH3 is 1. The predicted octanol–water partition coefficient (Wildman–Crippen LogP) is 4.54. The van der Waals surface area contributed by atoms with E-state index in [4.69, 9.17) is 4.74 Å². The molecule has 0 saturated carbocycles. The number of carbonyl (C=O) groups is 2. The molecule has 158 valence electrons. The van der Waals surface area contributed by atoms with Crippen LogP contribution >= 0.6 is 22.7 Å². The summed E-state index contributed by atoms with van der Waals surface area (Å²) >= 11 is 2.71. The van der Waals surface area contributed by atoms with E-state index in [1.165, 1.54) is 22.7 Å². The average molecular weight is 445 g/mol. The Morgan fingerprint density at radius 3 is 2.60 bits per heavy atom. The smallest absolute Gasteiger partial charge is 0.264 e. The molecule has 2 heterocycles. The fourth-order valence-corrected chi connectivity index (χ4v) is 4.26. The lowest BCUT2D eigenvalue weighted by molar-refractivity contribution is -0.116. The van der Waals surface area contributed by atoms with Crippen LogP contribution in [0.5, 0.6) is 5.75 Å². The number of aromatic nitrogens is 2. The molecule has 1 aromatic carbocycles. The summed E-state index contributed by atoms with van der Waals surface area (Å²) in [5, 5.41) is 14.0. The first-order valence-corrected chi connectivity index (χ1v) is 11.3. The monoisotopic (exact) mass is 444 g/mol. The van der Waals surface area contributed by atoms with Crippen LogP contribution < -0.4 is 10.1 Å². The molecular formula is C21H24N4O3S2. The van der Waals surface area contributed by atoms with E-state index < -0.39 is 0 Å². The maximum atomic E-state index is 12.8. The highest BCUT2D eigenvalue weighted by molar-refractivity contribution is 7.18. The third kappa shape index (κ3) is 5.43. The van der Waals surface area contributed by atoms with Crippen molar-refractivity contribution in [1.29, 1.82) is 0 Å². The molecule has 3 rings (SSSR count). The van der Waals surface area contributed by atoms with Gasteiger partial charge in [-0.2, -0.15) is 0 Å². The first-order chi connectivity index (χ1) is 14.5. The van der Waals surface area contributed by atoms with E-state index in [0.717, 1.165) is 17.7 Å². The predicted molar refractivity (Wildman–Crippen MR) is 120 cm³/mol. The number of nitrogens with zero attached hydrogens (tertiary/aromatic N) is 3. The van der Waals surface area contributed by atoms with Crippen molar-refractivity contribution in [2.24, 2.45) is 0 Å². The van der Waals surface area contributed by atoms with Crippen molar-refractivity contribution in [3.8, 4) is 16.3 Å². The van der Waals surface area contributed by atoms with Gasteiger partial charge < -0.3 is 15.0 Å². The van der Waals surface area contributed by atoms with E-state index in [1.54, 1.807) is 12.0 Å². The van der Waals surface area contributed by atoms with Crippen LogP contribution in [0.15, 0.2) is 41.8 Å². The fraction of sp³-hybridized carbons (Fsp3) is 0.333. The number of anilines is 1. The molecule has 0 aliphatic carbocycles. The van der Waals surface area contributed by atoms with Crippen molar-refractivity contribution in [1.82, 2.24) is 15.1 Å². The number of ether oxygens (including phenoxy) is 1. The molecule has 1 N–H and O–H groups in total. The number of thiophene rings is 1. The Morgan fingerprint density at radius 2 is 1.97 bits per heavy atom. The van der Waals surface area contributed by atoms with E-state index in [2.05, 4.69) is 15.5 Å². The van der Waals surface area contributed by atoms with Gasteiger partial charge in [-0.1, -0.05) is 24.3 Å². The minimum atomic E-state index is -0.195. The lowest BCUT2D eigenvalue weighted by atomic mass is 10.2. The Bertz CT molecular complexity index is 971. The van der Waals surface area contributed by atoms with Crippen LogP contribution in [0.2, 0.25) is 0 Å². The number of nitrogens with one attached hydrogen (secondary N) is 1. The largest absolute Gasteiger partial charge is 0.497 e. The second-order valence-electron chi connectivity index (χ2n) is 6.67. The van der Waals surface area contributed by atoms with Gasteiger partial charge in [0.2, 0.25) is 11.0 Å². The molecule has 9 heteroatoms. The summed E-state index contributed by atoms with van der Waals surface area (Å²) in [6.07, 6.45) is 1.01. The van der Waals surface area contributed by atoms with Gasteiger partial charge in [-0.25, -0.2) is 0 Å². The van der Waals surface area contributed by atoms with Crippen LogP contribution in [0.25, 0.3) is 10.6 Å². The summed E-state index contributed by atoms with van der Waals surface area (Å²) in [6, 6.07) is 11.2. The van der Waals surface area contributed by atoms with Crippen molar-refractivity contribution < 1.29 is 14.3 Å². The molecule has 0 aliphatic rings. The SMILES string of the molecule is CCC(C)N(CCC(=O)Nc1nnc(-c2ccc(OC)cc2)s1)C(=O)c1cccs1. The quantitative estimate of drug-likeness (QED) is 0.524. The topological polar surface area (TPSA) is 84.4 Å². The molecule has 0 aliphatic heterocycles. The summed E-state index contributed by atoms with van der Waals surface area (Å²) in [5.41, 5.74) is 0.901. The molecule has 2 aromatic heterocycles. The van der Waals surface area contributed by atoms with Gasteiger partial charge in [0.05, 0.1) is 12.0 Å². The summed E-state index contributed by atoms with van der Waals surface area (Å²) in [6.45, 7) is 4.37. The van der Waals surface area contributed by atoms with Crippen molar-refractivity contribution in [3.63, 3.8) is 0 Å². The van der Waals surface area contributed by atoms with Crippen LogP contribution in [0, 0.1) is 0 Å². The normalized spacial score (nSPS) is 11.7. The zero-order valence-corrected chi connectivity index (χ0v) is 18.8. The third-order valence-electron chi connectivity index (χ3n) is 4.70. The van der Waals surface area contributed by atoms with E-state index in [0.29, 0.717) is 21.6 Å². The number of hydrogen-bond donors (Lipinski definition) is 1. The molecule has 1 atom stereocenters. The molecular weight excluding hydrogens is 420 g/mol. The van der Waals surface area contributed by atoms with Gasteiger partial charge in [-0.05, 0) is 49.1 Å². The summed E-state index contributed by atoms with van der Waals surface area (Å²) in [5.74, 6) is 0.532. The summed E-state index contributed by atoms with van der Waals surface area (Å²) < 4.78 is 5.16. The van der Waals surface area contributed by atoms with Gasteiger partial charge in [0.25, 0.3) is 5.91 Å². The first-order valence-electron chi connectivity index (χ1n) is 9.64. The lowest BCUT2D eigenvalue weighted by Crippen LogP contribution is -2.39. The lowest BCUT2D eigenvalue weighted by Gasteiger charge is -2.28. The maximum Gasteiger partial charge on any atom is 0.264 e. The van der Waals surface area contributed by atoms with Gasteiger partial charge >= 0.3 is 0 Å². The Hall–Kier alpha value is -2.78. The number of carbonyl (C=O) groups excluding carboxylic acids is 2. The van der Waals surface area contributed by atoms with E-state index in [1.807, 2.05) is 55.6 Å². The number of benzene rings is 1. The van der Waals surface area contributed by atoms with Crippen molar-refractivity contribution in [2.45, 2.75) is 32.7 Å². The van der Waals surface area contributed by atoms with Gasteiger partial charge in [0, 0.05) is 24.6 Å². The van der Waals surface area contributed by atoms with E-state index in [9.17, 15) is 9.59 Å². The second kappa shape index (κ2) is 10.3. The molecule has 2 amide bonds. The van der Waals surface area contributed by atoms with Crippen LogP contribution in [0.4, 0.5) is 5.13 Å². The molecule has 3 aromatic rings. The van der Waals surface area contributed by atoms with Gasteiger partial charge in [-0.3, -0.25) is 9.59 Å². The minimum absolute atomic E-state index is 0.0372. The van der Waals surface area contributed by atoms with Crippen LogP contribution in [-0.4, -0.2) is 46.6 Å². The van der Waals surface area contributed by atoms with Gasteiger partial charge in [-0.15, -0.1) is 21.5 Å². The highest BCUT2D eigenvalue weighted by atomic mass is 32.1. The highest BCUT2D eigenvalue weighted by Gasteiger charge is 2.22. The van der Waals surface area contributed by atoms with E-state index >= 15 is 0 Å². The van der Waals surface area contributed by atoms with Crippen LogP contribution in [-0.2, 0) is 4.79 Å². The third-order valence-corrected chi connectivity index (χ3v) is 6.45.